The zero-order chi connectivity index (χ0) is 54.3. The minimum absolute atomic E-state index is 0.0269. The summed E-state index contributed by atoms with van der Waals surface area (Å²) in [6, 6.07) is -0.876. The number of nitrogens with one attached hydrogen (secondary N) is 1. The molecular formula is C64H114N2O7P+. The van der Waals surface area contributed by atoms with Gasteiger partial charge >= 0.3 is 13.8 Å². The molecule has 0 aliphatic heterocycles. The van der Waals surface area contributed by atoms with E-state index >= 15 is 0 Å². The second-order valence-electron chi connectivity index (χ2n) is 21.1. The van der Waals surface area contributed by atoms with Gasteiger partial charge in [0.1, 0.15) is 19.3 Å². The van der Waals surface area contributed by atoms with Gasteiger partial charge in [-0.3, -0.25) is 18.6 Å². The molecule has 0 fully saturated rings. The quantitative estimate of drug-likeness (QED) is 0.0205. The highest BCUT2D eigenvalue weighted by Gasteiger charge is 2.30. The van der Waals surface area contributed by atoms with Crippen LogP contribution in [0.1, 0.15) is 245 Å². The molecule has 426 valence electrons. The molecule has 0 aromatic rings. The van der Waals surface area contributed by atoms with Crippen molar-refractivity contribution in [1.29, 1.82) is 0 Å². The summed E-state index contributed by atoms with van der Waals surface area (Å²) in [5.74, 6) is -0.560. The minimum atomic E-state index is -4.46. The number of rotatable bonds is 53. The molecule has 3 atom stereocenters. The molecule has 2 N–H and O–H groups in total. The molecule has 10 heteroatoms. The molecule has 0 bridgehead atoms. The Balaban J connectivity index is 5.41. The third kappa shape index (κ3) is 53.7. The van der Waals surface area contributed by atoms with E-state index in [4.69, 9.17) is 13.8 Å². The summed E-state index contributed by atoms with van der Waals surface area (Å²) in [4.78, 5) is 37.7. The maximum Gasteiger partial charge on any atom is 0.472 e. The Bertz CT molecular complexity index is 1590. The van der Waals surface area contributed by atoms with Crippen molar-refractivity contribution in [2.45, 2.75) is 258 Å². The molecule has 1 amide bonds. The average molecular weight is 1050 g/mol. The topological polar surface area (TPSA) is 111 Å². The van der Waals surface area contributed by atoms with E-state index in [0.29, 0.717) is 23.9 Å². The summed E-state index contributed by atoms with van der Waals surface area (Å²) < 4.78 is 30.6. The lowest BCUT2D eigenvalue weighted by Gasteiger charge is -2.27. The first-order valence-electron chi connectivity index (χ1n) is 30.1. The summed E-state index contributed by atoms with van der Waals surface area (Å²) >= 11 is 0. The van der Waals surface area contributed by atoms with Crippen molar-refractivity contribution in [1.82, 2.24) is 5.32 Å². The summed E-state index contributed by atoms with van der Waals surface area (Å²) in [5, 5.41) is 3.03. The van der Waals surface area contributed by atoms with Gasteiger partial charge in [0.05, 0.1) is 33.8 Å². The van der Waals surface area contributed by atoms with Gasteiger partial charge in [-0.1, -0.05) is 221 Å². The number of quaternary nitrogens is 1. The van der Waals surface area contributed by atoms with Crippen LogP contribution in [0.4, 0.5) is 0 Å². The van der Waals surface area contributed by atoms with Crippen LogP contribution in [0.25, 0.3) is 0 Å². The van der Waals surface area contributed by atoms with Crippen molar-refractivity contribution in [3.8, 4) is 0 Å². The van der Waals surface area contributed by atoms with Gasteiger partial charge in [-0.25, -0.2) is 4.57 Å². The van der Waals surface area contributed by atoms with Crippen molar-refractivity contribution in [2.24, 2.45) is 0 Å². The Morgan fingerprint density at radius 2 is 0.865 bits per heavy atom. The first-order chi connectivity index (χ1) is 35.9. The van der Waals surface area contributed by atoms with Gasteiger partial charge in [0, 0.05) is 12.8 Å². The lowest BCUT2D eigenvalue weighted by atomic mass is 10.0. The zero-order valence-electron chi connectivity index (χ0n) is 48.6. The normalized spacial score (nSPS) is 14.4. The van der Waals surface area contributed by atoms with Crippen molar-refractivity contribution in [3.05, 3.63) is 97.2 Å². The Morgan fingerprint density at radius 3 is 1.34 bits per heavy atom. The smallest absolute Gasteiger partial charge is 0.456 e. The maximum atomic E-state index is 13.5. The predicted octanol–water partition coefficient (Wildman–Crippen LogP) is 18.4. The average Bonchev–Trinajstić information content (AvgIpc) is 3.36. The number of likely N-dealkylation sites (N-methyl/N-ethyl adjacent to an activating group) is 1. The number of ether oxygens (including phenoxy) is 1. The Morgan fingerprint density at radius 1 is 0.486 bits per heavy atom. The van der Waals surface area contributed by atoms with Gasteiger partial charge in [-0.2, -0.15) is 0 Å². The predicted molar refractivity (Wildman–Crippen MR) is 318 cm³/mol. The van der Waals surface area contributed by atoms with Crippen LogP contribution in [0.2, 0.25) is 0 Å². The van der Waals surface area contributed by atoms with Gasteiger partial charge in [0.15, 0.2) is 0 Å². The third-order valence-electron chi connectivity index (χ3n) is 12.8. The molecule has 0 radical (unpaired) electrons. The molecule has 0 aliphatic carbocycles. The number of hydrogen-bond donors (Lipinski definition) is 2. The van der Waals surface area contributed by atoms with E-state index in [1.165, 1.54) is 96.3 Å². The zero-order valence-corrected chi connectivity index (χ0v) is 49.4. The lowest BCUT2D eigenvalue weighted by Crippen LogP contribution is -2.47. The molecule has 0 saturated heterocycles. The molecule has 0 aromatic carbocycles. The molecule has 0 spiro atoms. The van der Waals surface area contributed by atoms with Crippen molar-refractivity contribution in [2.75, 3.05) is 40.9 Å². The minimum Gasteiger partial charge on any atom is -0.456 e. The van der Waals surface area contributed by atoms with E-state index < -0.39 is 20.0 Å². The monoisotopic (exact) mass is 1050 g/mol. The van der Waals surface area contributed by atoms with Crippen LogP contribution in [-0.4, -0.2) is 74.3 Å². The highest BCUT2D eigenvalue weighted by Crippen LogP contribution is 2.43. The number of phosphoric ester groups is 1. The molecule has 0 heterocycles. The Kier molecular flexibility index (Phi) is 51.1. The number of amides is 1. The van der Waals surface area contributed by atoms with Gasteiger partial charge < -0.3 is 19.4 Å². The molecule has 0 saturated carbocycles. The largest absolute Gasteiger partial charge is 0.472 e. The van der Waals surface area contributed by atoms with E-state index in [0.717, 1.165) is 103 Å². The van der Waals surface area contributed by atoms with Crippen molar-refractivity contribution >= 4 is 19.7 Å². The maximum absolute atomic E-state index is 13.5. The van der Waals surface area contributed by atoms with Crippen LogP contribution < -0.4 is 5.32 Å². The molecule has 0 aliphatic rings. The number of carbonyl (C=O) groups is 2. The van der Waals surface area contributed by atoms with Gasteiger partial charge in [-0.05, 0) is 109 Å². The summed E-state index contributed by atoms with van der Waals surface area (Å²) in [6.07, 6.45) is 71.1. The SMILES string of the molecule is CC/C=C/C/C=C/C/C=C/C/C=C/CCCCCC(=O)NC(COP(=O)(O)OCC[N+](C)(C)C)C(/C=C/CCCCCCCCCCCCC)OC(=O)CCCCCCCC/C=C\C/C=C\C/C=C\CCCCC. The molecule has 3 unspecified atom stereocenters. The number of hydrogen-bond acceptors (Lipinski definition) is 6. The summed E-state index contributed by atoms with van der Waals surface area (Å²) in [5.41, 5.74) is 0. The fraction of sp³-hybridized carbons (Fsp3) is 0.719. The number of esters is 1. The number of allylic oxidation sites excluding steroid dienone is 15. The van der Waals surface area contributed by atoms with E-state index in [2.05, 4.69) is 111 Å². The molecule has 0 rings (SSSR count). The fourth-order valence-corrected chi connectivity index (χ4v) is 8.85. The number of carbonyl (C=O) groups excluding carboxylic acids is 2. The van der Waals surface area contributed by atoms with Crippen LogP contribution in [0, 0.1) is 0 Å². The second-order valence-corrected chi connectivity index (χ2v) is 22.6. The van der Waals surface area contributed by atoms with Crippen LogP contribution in [0.5, 0.6) is 0 Å². The van der Waals surface area contributed by atoms with Crippen LogP contribution in [-0.2, 0) is 27.9 Å². The van der Waals surface area contributed by atoms with Crippen LogP contribution in [0.3, 0.4) is 0 Å². The summed E-state index contributed by atoms with van der Waals surface area (Å²) in [7, 11) is 1.45. The molecule has 74 heavy (non-hydrogen) atoms. The Labute approximate surface area is 456 Å². The highest BCUT2D eigenvalue weighted by atomic mass is 31.2. The first kappa shape index (κ1) is 70.9. The third-order valence-corrected chi connectivity index (χ3v) is 13.7. The Hall–Kier alpha value is -3.07. The van der Waals surface area contributed by atoms with Crippen molar-refractivity contribution in [3.63, 3.8) is 0 Å². The van der Waals surface area contributed by atoms with Gasteiger partial charge in [-0.15, -0.1) is 0 Å². The fourth-order valence-electron chi connectivity index (χ4n) is 8.11. The number of phosphoric acid groups is 1. The van der Waals surface area contributed by atoms with Gasteiger partial charge in [0.2, 0.25) is 5.91 Å². The second kappa shape index (κ2) is 53.3. The molecular weight excluding hydrogens is 940 g/mol. The summed E-state index contributed by atoms with van der Waals surface area (Å²) in [6.45, 7) is 6.83. The highest BCUT2D eigenvalue weighted by molar-refractivity contribution is 7.47. The first-order valence-corrected chi connectivity index (χ1v) is 31.6. The van der Waals surface area contributed by atoms with E-state index in [1.54, 1.807) is 0 Å². The molecule has 9 nitrogen and oxygen atoms in total. The lowest BCUT2D eigenvalue weighted by molar-refractivity contribution is -0.870. The van der Waals surface area contributed by atoms with E-state index in [-0.39, 0.29) is 37.9 Å². The van der Waals surface area contributed by atoms with Crippen LogP contribution in [0.15, 0.2) is 97.2 Å². The van der Waals surface area contributed by atoms with Gasteiger partial charge in [0.25, 0.3) is 0 Å². The van der Waals surface area contributed by atoms with Crippen molar-refractivity contribution < 1.29 is 37.3 Å². The van der Waals surface area contributed by atoms with Crippen LogP contribution >= 0.6 is 7.82 Å². The standard InChI is InChI=1S/C64H113N2O7P/c1-7-10-13-16-19-22-25-28-30-32-33-34-36-39-42-45-48-51-54-57-64(68)73-62(55-52-49-46-43-40-37-27-24-21-18-15-12-9-3)61(60-72-74(69,70)71-59-58-66(4,5)6)65-63(67)56-53-50-47-44-41-38-35-31-29-26-23-20-17-14-11-8-2/h11,14,19-20,22-23,28-31,33-34,38,41,52,55,61-62H,7-10,12-13,15-18,21,24-27,32,35-37,39-40,42-51,53-54,56-60H2,1-6H3,(H-,65,67,69,70)/p+1/b14-11+,22-19-,23-20+,30-28-,31-29+,34-33-,41-38+,55-52+. The number of unbranched alkanes of at least 4 members (excludes halogenated alkanes) is 23. The van der Waals surface area contributed by atoms with E-state index in [9.17, 15) is 19.0 Å². The van der Waals surface area contributed by atoms with E-state index in [1.807, 2.05) is 33.3 Å². The number of nitrogens with zero attached hydrogens (tertiary/aromatic N) is 1. The molecule has 0 aromatic heterocycles.